The molecule has 1 aromatic rings. The van der Waals surface area contributed by atoms with E-state index >= 15 is 0 Å². The van der Waals surface area contributed by atoms with Crippen molar-refractivity contribution in [1.29, 1.82) is 5.26 Å². The molecule has 0 N–H and O–H groups in total. The Morgan fingerprint density at radius 3 is 2.95 bits per heavy atom. The monoisotopic (exact) mass is 273 g/mol. The van der Waals surface area contributed by atoms with Gasteiger partial charge < -0.3 is 9.64 Å². The minimum absolute atomic E-state index is 0.0403. The first-order valence-electron chi connectivity index (χ1n) is 6.70. The van der Waals surface area contributed by atoms with Crippen molar-refractivity contribution in [2.45, 2.75) is 18.9 Å². The summed E-state index contributed by atoms with van der Waals surface area (Å²) in [5, 5.41) is 8.78. The van der Waals surface area contributed by atoms with Crippen LogP contribution in [-0.4, -0.2) is 44.1 Å². The van der Waals surface area contributed by atoms with Gasteiger partial charge >= 0.3 is 0 Å². The summed E-state index contributed by atoms with van der Waals surface area (Å²) in [6.45, 7) is 0.951. The number of benzene rings is 1. The third-order valence-electron chi connectivity index (χ3n) is 3.64. The number of para-hydroxylation sites is 2. The highest BCUT2D eigenvalue weighted by Gasteiger charge is 2.33. The van der Waals surface area contributed by atoms with E-state index in [9.17, 15) is 4.79 Å². The van der Waals surface area contributed by atoms with E-state index in [0.29, 0.717) is 12.3 Å². The zero-order valence-corrected chi connectivity index (χ0v) is 11.9. The summed E-state index contributed by atoms with van der Waals surface area (Å²) in [6, 6.07) is 9.39. The number of hydrogen-bond acceptors (Lipinski definition) is 4. The number of carbonyl (C=O) groups excluding carboxylic acids is 1. The van der Waals surface area contributed by atoms with Gasteiger partial charge in [-0.1, -0.05) is 12.1 Å². The first kappa shape index (κ1) is 14.4. The molecule has 1 amide bonds. The van der Waals surface area contributed by atoms with Crippen LogP contribution in [0.15, 0.2) is 24.3 Å². The van der Waals surface area contributed by atoms with Crippen molar-refractivity contribution in [2.75, 3.05) is 32.1 Å². The molecule has 1 aliphatic rings. The van der Waals surface area contributed by atoms with Crippen molar-refractivity contribution in [1.82, 2.24) is 4.90 Å². The number of carbonyl (C=O) groups is 1. The fourth-order valence-electron chi connectivity index (χ4n) is 2.58. The van der Waals surface area contributed by atoms with Gasteiger partial charge in [-0.05, 0) is 32.0 Å². The molecule has 0 aliphatic carbocycles. The van der Waals surface area contributed by atoms with E-state index < -0.39 is 0 Å². The van der Waals surface area contributed by atoms with E-state index in [2.05, 4.69) is 6.07 Å². The van der Waals surface area contributed by atoms with Crippen molar-refractivity contribution >= 4 is 11.6 Å². The number of methoxy groups -OCH3 is 1. The van der Waals surface area contributed by atoms with Gasteiger partial charge in [0.05, 0.1) is 31.5 Å². The standard InChI is InChI=1S/C15H19N3O2/c1-17(11-9-16)13-7-5-10-18(15(13)19)12-6-3-4-8-14(12)20-2/h3-4,6,8,13H,5,7,10-11H2,1-2H3. The average Bonchev–Trinajstić information content (AvgIpc) is 2.47. The van der Waals surface area contributed by atoms with Gasteiger partial charge in [-0.2, -0.15) is 5.26 Å². The largest absolute Gasteiger partial charge is 0.495 e. The van der Waals surface area contributed by atoms with Crippen LogP contribution in [0.1, 0.15) is 12.8 Å². The van der Waals surface area contributed by atoms with Crippen molar-refractivity contribution in [3.05, 3.63) is 24.3 Å². The third-order valence-corrected chi connectivity index (χ3v) is 3.64. The van der Waals surface area contributed by atoms with Crippen molar-refractivity contribution < 1.29 is 9.53 Å². The highest BCUT2D eigenvalue weighted by Crippen LogP contribution is 2.31. The number of ether oxygens (including phenoxy) is 1. The molecular weight excluding hydrogens is 254 g/mol. The molecule has 1 atom stereocenters. The van der Waals surface area contributed by atoms with Gasteiger partial charge in [-0.3, -0.25) is 9.69 Å². The number of anilines is 1. The minimum Gasteiger partial charge on any atom is -0.495 e. The van der Waals surface area contributed by atoms with E-state index in [4.69, 9.17) is 10.00 Å². The molecule has 1 heterocycles. The summed E-state index contributed by atoms with van der Waals surface area (Å²) in [6.07, 6.45) is 1.72. The molecule has 1 saturated heterocycles. The van der Waals surface area contributed by atoms with Crippen molar-refractivity contribution in [2.24, 2.45) is 0 Å². The first-order chi connectivity index (χ1) is 9.69. The smallest absolute Gasteiger partial charge is 0.244 e. The maximum atomic E-state index is 12.6. The summed E-state index contributed by atoms with van der Waals surface area (Å²) in [4.78, 5) is 16.2. The van der Waals surface area contributed by atoms with Gasteiger partial charge in [0.25, 0.3) is 0 Å². The minimum atomic E-state index is -0.228. The van der Waals surface area contributed by atoms with Crippen LogP contribution in [0.2, 0.25) is 0 Å². The zero-order valence-electron chi connectivity index (χ0n) is 11.9. The number of amides is 1. The second-order valence-corrected chi connectivity index (χ2v) is 4.89. The molecule has 5 heteroatoms. The number of rotatable bonds is 4. The maximum absolute atomic E-state index is 12.6. The van der Waals surface area contributed by atoms with Crippen LogP contribution in [0.3, 0.4) is 0 Å². The molecular formula is C15H19N3O2. The number of piperidine rings is 1. The summed E-state index contributed by atoms with van der Waals surface area (Å²) in [5.74, 6) is 0.739. The fourth-order valence-corrected chi connectivity index (χ4v) is 2.58. The van der Waals surface area contributed by atoms with Crippen LogP contribution in [0.5, 0.6) is 5.75 Å². The predicted octanol–water partition coefficient (Wildman–Crippen LogP) is 1.65. The van der Waals surface area contributed by atoms with Gasteiger partial charge in [-0.25, -0.2) is 0 Å². The molecule has 0 bridgehead atoms. The van der Waals surface area contributed by atoms with Gasteiger partial charge in [0, 0.05) is 6.54 Å². The number of nitriles is 1. The molecule has 106 valence electrons. The quantitative estimate of drug-likeness (QED) is 0.783. The fraction of sp³-hybridized carbons (Fsp3) is 0.467. The van der Waals surface area contributed by atoms with E-state index in [1.54, 1.807) is 12.0 Å². The van der Waals surface area contributed by atoms with Crippen LogP contribution in [0, 0.1) is 11.3 Å². The van der Waals surface area contributed by atoms with Gasteiger partial charge in [0.2, 0.25) is 5.91 Å². The second-order valence-electron chi connectivity index (χ2n) is 4.89. The molecule has 1 aromatic carbocycles. The Kier molecular flexibility index (Phi) is 4.59. The molecule has 0 aromatic heterocycles. The molecule has 5 nitrogen and oxygen atoms in total. The Balaban J connectivity index is 2.24. The van der Waals surface area contributed by atoms with E-state index in [0.717, 1.165) is 18.5 Å². The summed E-state index contributed by atoms with van der Waals surface area (Å²) >= 11 is 0. The Morgan fingerprint density at radius 1 is 1.50 bits per heavy atom. The lowest BCUT2D eigenvalue weighted by Gasteiger charge is -2.36. The second kappa shape index (κ2) is 6.40. The highest BCUT2D eigenvalue weighted by molar-refractivity contribution is 5.99. The van der Waals surface area contributed by atoms with Crippen LogP contribution in [0.4, 0.5) is 5.69 Å². The number of hydrogen-bond donors (Lipinski definition) is 0. The van der Waals surface area contributed by atoms with E-state index in [1.165, 1.54) is 0 Å². The molecule has 0 saturated carbocycles. The van der Waals surface area contributed by atoms with E-state index in [-0.39, 0.29) is 18.5 Å². The van der Waals surface area contributed by atoms with Crippen LogP contribution < -0.4 is 9.64 Å². The number of likely N-dealkylation sites (N-methyl/N-ethyl adjacent to an activating group) is 1. The van der Waals surface area contributed by atoms with Crippen molar-refractivity contribution in [3.8, 4) is 11.8 Å². The Morgan fingerprint density at radius 2 is 2.25 bits per heavy atom. The van der Waals surface area contributed by atoms with Gasteiger partial charge in [-0.15, -0.1) is 0 Å². The van der Waals surface area contributed by atoms with Crippen LogP contribution in [0.25, 0.3) is 0 Å². The average molecular weight is 273 g/mol. The summed E-state index contributed by atoms with van der Waals surface area (Å²) in [7, 11) is 3.42. The van der Waals surface area contributed by atoms with Gasteiger partial charge in [0.1, 0.15) is 5.75 Å². The topological polar surface area (TPSA) is 56.6 Å². The predicted molar refractivity (Wildman–Crippen MR) is 76.6 cm³/mol. The van der Waals surface area contributed by atoms with Gasteiger partial charge in [0.15, 0.2) is 0 Å². The highest BCUT2D eigenvalue weighted by atomic mass is 16.5. The number of nitrogens with zero attached hydrogens (tertiary/aromatic N) is 3. The Bertz CT molecular complexity index is 524. The lowest BCUT2D eigenvalue weighted by Crippen LogP contribution is -2.51. The zero-order chi connectivity index (χ0) is 14.5. The Hall–Kier alpha value is -2.06. The molecule has 1 unspecified atom stereocenters. The lowest BCUT2D eigenvalue weighted by atomic mass is 10.0. The van der Waals surface area contributed by atoms with Crippen LogP contribution in [-0.2, 0) is 4.79 Å². The SMILES string of the molecule is COc1ccccc1N1CCCC(N(C)CC#N)C1=O. The summed E-state index contributed by atoms with van der Waals surface area (Å²) < 4.78 is 5.33. The lowest BCUT2D eigenvalue weighted by molar-refractivity contribution is -0.124. The molecule has 20 heavy (non-hydrogen) atoms. The maximum Gasteiger partial charge on any atom is 0.244 e. The summed E-state index contributed by atoms with van der Waals surface area (Å²) in [5.41, 5.74) is 0.801. The molecule has 0 spiro atoms. The molecule has 1 aliphatic heterocycles. The van der Waals surface area contributed by atoms with E-state index in [1.807, 2.05) is 36.2 Å². The molecule has 0 radical (unpaired) electrons. The first-order valence-corrected chi connectivity index (χ1v) is 6.70. The normalized spacial score (nSPS) is 19.0. The molecule has 2 rings (SSSR count). The van der Waals surface area contributed by atoms with Crippen LogP contribution >= 0.6 is 0 Å². The van der Waals surface area contributed by atoms with Crippen molar-refractivity contribution in [3.63, 3.8) is 0 Å². The molecule has 1 fully saturated rings. The third kappa shape index (κ3) is 2.75. The Labute approximate surface area is 119 Å².